The lowest BCUT2D eigenvalue weighted by Gasteiger charge is -2.26. The Hall–Kier alpha value is -2.55. The zero-order valence-electron chi connectivity index (χ0n) is 14.6. The molecule has 0 aliphatic heterocycles. The molecule has 0 saturated heterocycles. The van der Waals surface area contributed by atoms with Gasteiger partial charge < -0.3 is 15.4 Å². The van der Waals surface area contributed by atoms with Crippen molar-refractivity contribution in [2.75, 3.05) is 13.7 Å². The summed E-state index contributed by atoms with van der Waals surface area (Å²) in [7, 11) is 1.56. The van der Waals surface area contributed by atoms with E-state index >= 15 is 0 Å². The summed E-state index contributed by atoms with van der Waals surface area (Å²) in [5.74, 6) is 0.509. The summed E-state index contributed by atoms with van der Waals surface area (Å²) in [6, 6.07) is 8.03. The number of nitriles is 1. The number of nitrogens with one attached hydrogen (secondary N) is 2. The number of benzene rings is 1. The van der Waals surface area contributed by atoms with E-state index in [1.165, 1.54) is 19.3 Å². The smallest absolute Gasteiger partial charge is 0.251 e. The van der Waals surface area contributed by atoms with Crippen LogP contribution in [0.25, 0.3) is 0 Å². The maximum absolute atomic E-state index is 12.5. The Morgan fingerprint density at radius 1 is 1.24 bits per heavy atom. The topological polar surface area (TPSA) is 91.2 Å². The van der Waals surface area contributed by atoms with Crippen LogP contribution in [0.3, 0.4) is 0 Å². The first kappa shape index (κ1) is 18.8. The highest BCUT2D eigenvalue weighted by atomic mass is 16.5. The molecule has 134 valence electrons. The van der Waals surface area contributed by atoms with Gasteiger partial charge in [-0.2, -0.15) is 5.26 Å². The van der Waals surface area contributed by atoms with Gasteiger partial charge in [-0.05, 0) is 36.6 Å². The van der Waals surface area contributed by atoms with Crippen LogP contribution >= 0.6 is 0 Å². The predicted octanol–water partition coefficient (Wildman–Crippen LogP) is 2.40. The molecule has 2 amide bonds. The summed E-state index contributed by atoms with van der Waals surface area (Å²) in [6.07, 6.45) is 6.35. The minimum atomic E-state index is -0.619. The molecule has 0 bridgehead atoms. The van der Waals surface area contributed by atoms with Gasteiger partial charge in [0.1, 0.15) is 18.3 Å². The van der Waals surface area contributed by atoms with Crippen LogP contribution in [0.15, 0.2) is 24.3 Å². The molecule has 6 heteroatoms. The molecule has 1 aromatic carbocycles. The monoisotopic (exact) mass is 343 g/mol. The molecule has 0 radical (unpaired) electrons. The van der Waals surface area contributed by atoms with Gasteiger partial charge in [-0.15, -0.1) is 0 Å². The molecule has 0 spiro atoms. The van der Waals surface area contributed by atoms with E-state index in [1.54, 1.807) is 31.4 Å². The van der Waals surface area contributed by atoms with E-state index in [-0.39, 0.29) is 18.4 Å². The highest BCUT2D eigenvalue weighted by Crippen LogP contribution is 2.27. The van der Waals surface area contributed by atoms with E-state index in [0.717, 1.165) is 12.8 Å². The Morgan fingerprint density at radius 2 is 1.92 bits per heavy atom. The van der Waals surface area contributed by atoms with Crippen LogP contribution in [0.4, 0.5) is 0 Å². The lowest BCUT2D eigenvalue weighted by molar-refractivity contribution is -0.123. The molecule has 0 aromatic heterocycles. The average Bonchev–Trinajstić information content (AvgIpc) is 2.66. The largest absolute Gasteiger partial charge is 0.497 e. The molecule has 1 saturated carbocycles. The van der Waals surface area contributed by atoms with Gasteiger partial charge in [0, 0.05) is 5.56 Å². The second-order valence-corrected chi connectivity index (χ2v) is 6.37. The molecule has 25 heavy (non-hydrogen) atoms. The lowest BCUT2D eigenvalue weighted by Crippen LogP contribution is -2.48. The van der Waals surface area contributed by atoms with Crippen LogP contribution in [0, 0.1) is 17.2 Å². The third-order valence-corrected chi connectivity index (χ3v) is 4.61. The van der Waals surface area contributed by atoms with Crippen LogP contribution in [-0.4, -0.2) is 31.5 Å². The number of carbonyl (C=O) groups excluding carboxylic acids is 2. The van der Waals surface area contributed by atoms with Crippen molar-refractivity contribution < 1.29 is 14.3 Å². The third kappa shape index (κ3) is 5.79. The SMILES string of the molecule is COc1ccc(C(=O)N[C@@H](CC2CCCCC2)C(=O)NCC#N)cc1. The Balaban J connectivity index is 2.03. The van der Waals surface area contributed by atoms with Gasteiger partial charge in [0.2, 0.25) is 5.91 Å². The first-order chi connectivity index (χ1) is 12.1. The van der Waals surface area contributed by atoms with E-state index in [1.807, 2.05) is 6.07 Å². The quantitative estimate of drug-likeness (QED) is 0.744. The molecular formula is C19H25N3O3. The molecule has 2 rings (SSSR count). The standard InChI is InChI=1S/C19H25N3O3/c1-25-16-9-7-15(8-10-16)18(23)22-17(19(24)21-12-11-20)13-14-5-3-2-4-6-14/h7-10,14,17H,2-6,12-13H2,1H3,(H,21,24)(H,22,23)/t17-/m0/s1. The second kappa shape index (κ2) is 9.67. The summed E-state index contributed by atoms with van der Waals surface area (Å²) >= 11 is 0. The van der Waals surface area contributed by atoms with E-state index < -0.39 is 6.04 Å². The molecule has 1 aromatic rings. The van der Waals surface area contributed by atoms with Crippen LogP contribution < -0.4 is 15.4 Å². The van der Waals surface area contributed by atoms with Crippen molar-refractivity contribution >= 4 is 11.8 Å². The maximum atomic E-state index is 12.5. The first-order valence-corrected chi connectivity index (χ1v) is 8.73. The van der Waals surface area contributed by atoms with Crippen molar-refractivity contribution in [1.82, 2.24) is 10.6 Å². The fourth-order valence-corrected chi connectivity index (χ4v) is 3.22. The predicted molar refractivity (Wildman–Crippen MR) is 94.1 cm³/mol. The van der Waals surface area contributed by atoms with Crippen molar-refractivity contribution in [3.05, 3.63) is 29.8 Å². The number of carbonyl (C=O) groups is 2. The van der Waals surface area contributed by atoms with Gasteiger partial charge in [-0.3, -0.25) is 9.59 Å². The van der Waals surface area contributed by atoms with Gasteiger partial charge in [0.05, 0.1) is 13.2 Å². The van der Waals surface area contributed by atoms with E-state index in [2.05, 4.69) is 10.6 Å². The molecule has 1 atom stereocenters. The summed E-state index contributed by atoms with van der Waals surface area (Å²) in [6.45, 7) is -0.0571. The van der Waals surface area contributed by atoms with E-state index in [9.17, 15) is 9.59 Å². The molecule has 0 unspecified atom stereocenters. The zero-order valence-corrected chi connectivity index (χ0v) is 14.6. The van der Waals surface area contributed by atoms with Crippen molar-refractivity contribution in [2.45, 2.75) is 44.6 Å². The molecule has 0 heterocycles. The van der Waals surface area contributed by atoms with Crippen LogP contribution in [-0.2, 0) is 4.79 Å². The summed E-state index contributed by atoms with van der Waals surface area (Å²) in [5.41, 5.74) is 0.475. The number of ether oxygens (including phenoxy) is 1. The number of hydrogen-bond donors (Lipinski definition) is 2. The van der Waals surface area contributed by atoms with Crippen LogP contribution in [0.5, 0.6) is 5.75 Å². The van der Waals surface area contributed by atoms with Crippen molar-refractivity contribution in [2.24, 2.45) is 5.92 Å². The average molecular weight is 343 g/mol. The fourth-order valence-electron chi connectivity index (χ4n) is 3.22. The Kier molecular flexibility index (Phi) is 7.27. The van der Waals surface area contributed by atoms with E-state index in [4.69, 9.17) is 10.00 Å². The minimum absolute atomic E-state index is 0.0571. The van der Waals surface area contributed by atoms with Gasteiger partial charge in [0.15, 0.2) is 0 Å². The highest BCUT2D eigenvalue weighted by molar-refractivity contribution is 5.97. The Bertz CT molecular complexity index is 616. The zero-order chi connectivity index (χ0) is 18.1. The maximum Gasteiger partial charge on any atom is 0.251 e. The number of rotatable bonds is 7. The molecule has 1 aliphatic carbocycles. The number of hydrogen-bond acceptors (Lipinski definition) is 4. The second-order valence-electron chi connectivity index (χ2n) is 6.37. The fraction of sp³-hybridized carbons (Fsp3) is 0.526. The summed E-state index contributed by atoms with van der Waals surface area (Å²) in [4.78, 5) is 24.8. The Labute approximate surface area is 148 Å². The normalized spacial score (nSPS) is 15.7. The molecular weight excluding hydrogens is 318 g/mol. The summed E-state index contributed by atoms with van der Waals surface area (Å²) < 4.78 is 5.09. The van der Waals surface area contributed by atoms with Gasteiger partial charge in [-0.1, -0.05) is 32.1 Å². The first-order valence-electron chi connectivity index (χ1n) is 8.73. The number of amides is 2. The minimum Gasteiger partial charge on any atom is -0.497 e. The lowest BCUT2D eigenvalue weighted by atomic mass is 9.84. The molecule has 1 fully saturated rings. The van der Waals surface area contributed by atoms with E-state index in [0.29, 0.717) is 23.7 Å². The number of methoxy groups -OCH3 is 1. The van der Waals surface area contributed by atoms with Gasteiger partial charge in [-0.25, -0.2) is 0 Å². The highest BCUT2D eigenvalue weighted by Gasteiger charge is 2.26. The van der Waals surface area contributed by atoms with Crippen molar-refractivity contribution in [3.8, 4) is 11.8 Å². The van der Waals surface area contributed by atoms with Gasteiger partial charge >= 0.3 is 0 Å². The van der Waals surface area contributed by atoms with Gasteiger partial charge in [0.25, 0.3) is 5.91 Å². The molecule has 2 N–H and O–H groups in total. The van der Waals surface area contributed by atoms with Crippen LogP contribution in [0.2, 0.25) is 0 Å². The Morgan fingerprint density at radius 3 is 2.52 bits per heavy atom. The molecule has 6 nitrogen and oxygen atoms in total. The molecule has 1 aliphatic rings. The third-order valence-electron chi connectivity index (χ3n) is 4.61. The number of nitrogens with zero attached hydrogens (tertiary/aromatic N) is 1. The summed E-state index contributed by atoms with van der Waals surface area (Å²) in [5, 5.41) is 14.1. The van der Waals surface area contributed by atoms with Crippen LogP contribution in [0.1, 0.15) is 48.9 Å². The van der Waals surface area contributed by atoms with Crippen molar-refractivity contribution in [3.63, 3.8) is 0 Å². The van der Waals surface area contributed by atoms with Crippen molar-refractivity contribution in [1.29, 1.82) is 5.26 Å².